The lowest BCUT2D eigenvalue weighted by Gasteiger charge is -2.31. The van der Waals surface area contributed by atoms with E-state index in [9.17, 15) is 4.39 Å². The minimum absolute atomic E-state index is 0.206. The summed E-state index contributed by atoms with van der Waals surface area (Å²) in [6.07, 6.45) is 0.173. The molecule has 0 spiro atoms. The van der Waals surface area contributed by atoms with E-state index in [1.807, 2.05) is 19.1 Å². The maximum absolute atomic E-state index is 14.0. The molecular weight excluding hydrogens is 277 g/mol. The number of nitrogens with two attached hydrogens (primary N) is 1. The van der Waals surface area contributed by atoms with E-state index in [0.717, 1.165) is 11.1 Å². The van der Waals surface area contributed by atoms with E-state index in [4.69, 9.17) is 22.1 Å². The molecular formula is C16H15ClFNO. The molecule has 1 heterocycles. The number of ether oxygens (including phenoxy) is 1. The molecule has 2 atom stereocenters. The molecule has 1 aliphatic rings. The second kappa shape index (κ2) is 5.08. The van der Waals surface area contributed by atoms with E-state index in [0.29, 0.717) is 22.8 Å². The smallest absolute Gasteiger partial charge is 0.130 e. The summed E-state index contributed by atoms with van der Waals surface area (Å²) in [5.74, 6) is 0.421. The van der Waals surface area contributed by atoms with Crippen molar-refractivity contribution < 1.29 is 9.13 Å². The fourth-order valence-electron chi connectivity index (χ4n) is 2.58. The summed E-state index contributed by atoms with van der Waals surface area (Å²) < 4.78 is 19.9. The van der Waals surface area contributed by atoms with Gasteiger partial charge in [0, 0.05) is 28.6 Å². The van der Waals surface area contributed by atoms with Crippen LogP contribution in [0.1, 0.15) is 35.3 Å². The third kappa shape index (κ3) is 2.39. The molecule has 1 aliphatic heterocycles. The number of benzene rings is 2. The van der Waals surface area contributed by atoms with Gasteiger partial charge in [0.15, 0.2) is 0 Å². The van der Waals surface area contributed by atoms with Gasteiger partial charge in [0.05, 0.1) is 0 Å². The Kier molecular flexibility index (Phi) is 3.40. The summed E-state index contributed by atoms with van der Waals surface area (Å²) in [4.78, 5) is 0. The molecule has 0 aromatic heterocycles. The first kappa shape index (κ1) is 13.4. The van der Waals surface area contributed by atoms with E-state index in [-0.39, 0.29) is 18.0 Å². The summed E-state index contributed by atoms with van der Waals surface area (Å²) in [6.45, 7) is 1.93. The Hall–Kier alpha value is -1.58. The lowest BCUT2D eigenvalue weighted by molar-refractivity contribution is 0.157. The summed E-state index contributed by atoms with van der Waals surface area (Å²) in [5, 5.41) is 0.628. The Balaban J connectivity index is 1.99. The zero-order chi connectivity index (χ0) is 14.3. The minimum Gasteiger partial charge on any atom is -0.485 e. The van der Waals surface area contributed by atoms with Crippen molar-refractivity contribution in [1.29, 1.82) is 0 Å². The highest BCUT2D eigenvalue weighted by atomic mass is 35.5. The molecule has 0 aliphatic carbocycles. The summed E-state index contributed by atoms with van der Waals surface area (Å²) in [7, 11) is 0. The van der Waals surface area contributed by atoms with Crippen LogP contribution in [0.15, 0.2) is 36.4 Å². The van der Waals surface area contributed by atoms with Crippen molar-refractivity contribution in [3.63, 3.8) is 0 Å². The van der Waals surface area contributed by atoms with Gasteiger partial charge in [0.1, 0.15) is 17.7 Å². The highest BCUT2D eigenvalue weighted by Crippen LogP contribution is 2.41. The van der Waals surface area contributed by atoms with Gasteiger partial charge >= 0.3 is 0 Å². The molecule has 2 nitrogen and oxygen atoms in total. The summed E-state index contributed by atoms with van der Waals surface area (Å²) in [5.41, 5.74) is 8.60. The maximum Gasteiger partial charge on any atom is 0.130 e. The van der Waals surface area contributed by atoms with Crippen LogP contribution < -0.4 is 10.5 Å². The normalized spacial score (nSPS) is 21.2. The average molecular weight is 292 g/mol. The van der Waals surface area contributed by atoms with Crippen LogP contribution in [-0.2, 0) is 0 Å². The molecule has 2 aromatic carbocycles. The molecule has 2 N–H and O–H groups in total. The molecule has 0 fully saturated rings. The van der Waals surface area contributed by atoms with Gasteiger partial charge in [-0.3, -0.25) is 0 Å². The third-order valence-corrected chi connectivity index (χ3v) is 3.84. The zero-order valence-electron chi connectivity index (χ0n) is 11.1. The van der Waals surface area contributed by atoms with Crippen LogP contribution in [0.4, 0.5) is 4.39 Å². The Bertz CT molecular complexity index is 659. The van der Waals surface area contributed by atoms with Crippen molar-refractivity contribution >= 4 is 11.6 Å². The Labute approximate surface area is 122 Å². The van der Waals surface area contributed by atoms with E-state index >= 15 is 0 Å². The van der Waals surface area contributed by atoms with Crippen LogP contribution in [0, 0.1) is 12.7 Å². The van der Waals surface area contributed by atoms with E-state index in [2.05, 4.69) is 0 Å². The topological polar surface area (TPSA) is 35.2 Å². The van der Waals surface area contributed by atoms with E-state index < -0.39 is 0 Å². The van der Waals surface area contributed by atoms with Crippen LogP contribution in [0.2, 0.25) is 5.02 Å². The minimum atomic E-state index is -0.362. The SMILES string of the molecule is Cc1ccc(F)c(C2C[C@H](N)c3cc(Cl)ccc3O2)c1. The molecule has 0 bridgehead atoms. The second-order valence-corrected chi connectivity index (χ2v) is 5.59. The molecule has 2 aromatic rings. The first-order valence-corrected chi connectivity index (χ1v) is 6.90. The van der Waals surface area contributed by atoms with Gasteiger partial charge in [-0.25, -0.2) is 4.39 Å². The van der Waals surface area contributed by atoms with Crippen LogP contribution in [0.5, 0.6) is 5.75 Å². The van der Waals surface area contributed by atoms with Gasteiger partial charge in [-0.05, 0) is 37.3 Å². The number of halogens is 2. The van der Waals surface area contributed by atoms with Crippen molar-refractivity contribution in [1.82, 2.24) is 0 Å². The molecule has 0 radical (unpaired) electrons. The van der Waals surface area contributed by atoms with Gasteiger partial charge in [-0.2, -0.15) is 0 Å². The molecule has 0 saturated carbocycles. The first-order chi connectivity index (χ1) is 9.54. The zero-order valence-corrected chi connectivity index (χ0v) is 11.8. The predicted molar refractivity (Wildman–Crippen MR) is 77.5 cm³/mol. The maximum atomic E-state index is 14.0. The van der Waals surface area contributed by atoms with Gasteiger partial charge in [-0.15, -0.1) is 0 Å². The van der Waals surface area contributed by atoms with Crippen LogP contribution >= 0.6 is 11.6 Å². The van der Waals surface area contributed by atoms with Crippen LogP contribution in [0.3, 0.4) is 0 Å². The monoisotopic (exact) mass is 291 g/mol. The number of rotatable bonds is 1. The fraction of sp³-hybridized carbons (Fsp3) is 0.250. The van der Waals surface area contributed by atoms with Gasteiger partial charge in [0.2, 0.25) is 0 Å². The van der Waals surface area contributed by atoms with Crippen molar-refractivity contribution in [2.75, 3.05) is 0 Å². The predicted octanol–water partition coefficient (Wildman–Crippen LogP) is 4.31. The van der Waals surface area contributed by atoms with Crippen molar-refractivity contribution in [2.24, 2.45) is 5.73 Å². The number of aryl methyl sites for hydroxylation is 1. The molecule has 104 valence electrons. The summed E-state index contributed by atoms with van der Waals surface area (Å²) in [6, 6.07) is 10.2. The van der Waals surface area contributed by atoms with Gasteiger partial charge < -0.3 is 10.5 Å². The molecule has 0 saturated heterocycles. The largest absolute Gasteiger partial charge is 0.485 e. The Morgan fingerprint density at radius 2 is 2.00 bits per heavy atom. The molecule has 3 rings (SSSR count). The molecule has 1 unspecified atom stereocenters. The lowest BCUT2D eigenvalue weighted by Crippen LogP contribution is -2.24. The third-order valence-electron chi connectivity index (χ3n) is 3.61. The number of hydrogen-bond donors (Lipinski definition) is 1. The molecule has 4 heteroatoms. The quantitative estimate of drug-likeness (QED) is 0.849. The first-order valence-electron chi connectivity index (χ1n) is 6.52. The fourth-order valence-corrected chi connectivity index (χ4v) is 2.76. The van der Waals surface area contributed by atoms with Crippen LogP contribution in [-0.4, -0.2) is 0 Å². The number of fused-ring (bicyclic) bond motifs is 1. The average Bonchev–Trinajstić information content (AvgIpc) is 2.42. The second-order valence-electron chi connectivity index (χ2n) is 5.16. The Morgan fingerprint density at radius 3 is 2.80 bits per heavy atom. The van der Waals surface area contributed by atoms with E-state index in [1.165, 1.54) is 6.07 Å². The van der Waals surface area contributed by atoms with E-state index in [1.54, 1.807) is 18.2 Å². The Morgan fingerprint density at radius 1 is 1.20 bits per heavy atom. The molecule has 20 heavy (non-hydrogen) atoms. The summed E-state index contributed by atoms with van der Waals surface area (Å²) >= 11 is 5.97. The van der Waals surface area contributed by atoms with Crippen molar-refractivity contribution in [3.8, 4) is 5.75 Å². The highest BCUT2D eigenvalue weighted by Gasteiger charge is 2.29. The lowest BCUT2D eigenvalue weighted by atomic mass is 9.93. The number of hydrogen-bond acceptors (Lipinski definition) is 2. The van der Waals surface area contributed by atoms with Crippen molar-refractivity contribution in [3.05, 3.63) is 63.9 Å². The highest BCUT2D eigenvalue weighted by molar-refractivity contribution is 6.30. The van der Waals surface area contributed by atoms with Gasteiger partial charge in [0.25, 0.3) is 0 Å². The van der Waals surface area contributed by atoms with Crippen LogP contribution in [0.25, 0.3) is 0 Å². The van der Waals surface area contributed by atoms with Gasteiger partial charge in [-0.1, -0.05) is 23.2 Å². The molecule has 0 amide bonds. The van der Waals surface area contributed by atoms with Crippen molar-refractivity contribution in [2.45, 2.75) is 25.5 Å². The standard InChI is InChI=1S/C16H15ClFNO/c1-9-2-4-13(18)11(6-9)16-8-14(19)12-7-10(17)3-5-15(12)20-16/h2-7,14,16H,8,19H2,1H3/t14-,16?/m0/s1.